The van der Waals surface area contributed by atoms with E-state index in [1.54, 1.807) is 37.3 Å². The van der Waals surface area contributed by atoms with E-state index >= 15 is 0 Å². The number of hydrogen-bond acceptors (Lipinski definition) is 4. The summed E-state index contributed by atoms with van der Waals surface area (Å²) in [5.74, 6) is -1.12. The molecule has 0 fully saturated rings. The maximum atomic E-state index is 12.9. The molecule has 0 atom stereocenters. The fraction of sp³-hybridized carbons (Fsp3) is 0.192. The van der Waals surface area contributed by atoms with Crippen LogP contribution in [0.2, 0.25) is 0 Å². The SMILES string of the molecule is CCC(=O)Nc1cccc(NCC(=O)Nc2cccc(C(=O)Nc3cccc(C(F)(F)F)c3)c2)c1C. The molecule has 0 aromatic heterocycles. The molecule has 0 radical (unpaired) electrons. The van der Waals surface area contributed by atoms with Crippen LogP contribution in [0, 0.1) is 6.92 Å². The van der Waals surface area contributed by atoms with Crippen LogP contribution in [0.1, 0.15) is 34.8 Å². The predicted octanol–water partition coefficient (Wildman–Crippen LogP) is 5.67. The molecular formula is C26H25F3N4O3. The van der Waals surface area contributed by atoms with Crippen LogP contribution in [-0.2, 0) is 15.8 Å². The number of halogens is 3. The number of carbonyl (C=O) groups excluding carboxylic acids is 3. The van der Waals surface area contributed by atoms with Gasteiger partial charge in [-0.05, 0) is 61.0 Å². The van der Waals surface area contributed by atoms with Crippen LogP contribution in [0.5, 0.6) is 0 Å². The molecule has 4 N–H and O–H groups in total. The van der Waals surface area contributed by atoms with E-state index in [0.717, 1.165) is 17.7 Å². The molecule has 0 unspecified atom stereocenters. The highest BCUT2D eigenvalue weighted by Gasteiger charge is 2.30. The number of benzene rings is 3. The van der Waals surface area contributed by atoms with Gasteiger partial charge in [-0.25, -0.2) is 0 Å². The first-order chi connectivity index (χ1) is 17.1. The number of carbonyl (C=O) groups is 3. The summed E-state index contributed by atoms with van der Waals surface area (Å²) in [6, 6.07) is 15.7. The first kappa shape index (κ1) is 26.3. The highest BCUT2D eigenvalue weighted by Crippen LogP contribution is 2.30. The molecule has 10 heteroatoms. The zero-order valence-electron chi connectivity index (χ0n) is 19.6. The van der Waals surface area contributed by atoms with E-state index in [4.69, 9.17) is 0 Å². The van der Waals surface area contributed by atoms with Gasteiger partial charge in [-0.3, -0.25) is 14.4 Å². The van der Waals surface area contributed by atoms with E-state index in [1.165, 1.54) is 24.3 Å². The van der Waals surface area contributed by atoms with Gasteiger partial charge in [0.25, 0.3) is 5.91 Å². The Morgan fingerprint density at radius 3 is 2.11 bits per heavy atom. The Morgan fingerprint density at radius 1 is 0.778 bits per heavy atom. The highest BCUT2D eigenvalue weighted by molar-refractivity contribution is 6.05. The van der Waals surface area contributed by atoms with E-state index in [0.29, 0.717) is 23.5 Å². The van der Waals surface area contributed by atoms with E-state index in [2.05, 4.69) is 21.3 Å². The average molecular weight is 499 g/mol. The molecule has 7 nitrogen and oxygen atoms in total. The van der Waals surface area contributed by atoms with Gasteiger partial charge in [-0.1, -0.05) is 25.1 Å². The molecule has 0 aliphatic carbocycles. The van der Waals surface area contributed by atoms with Crippen molar-refractivity contribution in [3.8, 4) is 0 Å². The Labute approximate surface area is 206 Å². The topological polar surface area (TPSA) is 99.3 Å². The standard InChI is InChI=1S/C26H25F3N4O3/c1-3-23(34)33-22-12-6-11-21(16(22)2)30-15-24(35)31-19-9-4-7-17(13-19)25(36)32-20-10-5-8-18(14-20)26(27,28)29/h4-14,30H,3,15H2,1-2H3,(H,31,35)(H,32,36)(H,33,34). The summed E-state index contributed by atoms with van der Waals surface area (Å²) in [6.45, 7) is 3.49. The van der Waals surface area contributed by atoms with Crippen molar-refractivity contribution in [3.63, 3.8) is 0 Å². The average Bonchev–Trinajstić information content (AvgIpc) is 2.84. The summed E-state index contributed by atoms with van der Waals surface area (Å²) in [5, 5.41) is 10.9. The Bertz CT molecular complexity index is 1280. The third-order valence-corrected chi connectivity index (χ3v) is 5.22. The molecule has 0 aliphatic heterocycles. The summed E-state index contributed by atoms with van der Waals surface area (Å²) in [4.78, 5) is 36.7. The molecule has 0 aliphatic rings. The summed E-state index contributed by atoms with van der Waals surface area (Å²) >= 11 is 0. The van der Waals surface area contributed by atoms with Gasteiger partial charge in [0.2, 0.25) is 11.8 Å². The Kier molecular flexibility index (Phi) is 8.31. The summed E-state index contributed by atoms with van der Waals surface area (Å²) < 4.78 is 38.7. The minimum Gasteiger partial charge on any atom is -0.376 e. The first-order valence-electron chi connectivity index (χ1n) is 11.1. The summed E-state index contributed by atoms with van der Waals surface area (Å²) in [5.41, 5.74) is 1.73. The Morgan fingerprint density at radius 2 is 1.42 bits per heavy atom. The maximum absolute atomic E-state index is 12.9. The van der Waals surface area contributed by atoms with Gasteiger partial charge >= 0.3 is 6.18 Å². The van der Waals surface area contributed by atoms with Crippen molar-refractivity contribution in [2.45, 2.75) is 26.4 Å². The van der Waals surface area contributed by atoms with Crippen molar-refractivity contribution >= 4 is 40.5 Å². The molecule has 188 valence electrons. The largest absolute Gasteiger partial charge is 0.416 e. The van der Waals surface area contributed by atoms with Gasteiger partial charge in [0.15, 0.2) is 0 Å². The van der Waals surface area contributed by atoms with Crippen molar-refractivity contribution in [1.29, 1.82) is 0 Å². The molecule has 0 spiro atoms. The van der Waals surface area contributed by atoms with Gasteiger partial charge in [-0.15, -0.1) is 0 Å². The molecule has 36 heavy (non-hydrogen) atoms. The normalized spacial score (nSPS) is 10.9. The number of rotatable bonds is 8. The van der Waals surface area contributed by atoms with Gasteiger partial charge < -0.3 is 21.3 Å². The predicted molar refractivity (Wildman–Crippen MR) is 133 cm³/mol. The van der Waals surface area contributed by atoms with Crippen LogP contribution in [0.3, 0.4) is 0 Å². The van der Waals surface area contributed by atoms with Crippen LogP contribution in [-0.4, -0.2) is 24.3 Å². The number of anilines is 4. The minimum absolute atomic E-state index is 0.00110. The summed E-state index contributed by atoms with van der Waals surface area (Å²) in [6.07, 6.45) is -4.18. The molecule has 0 saturated heterocycles. The fourth-order valence-electron chi connectivity index (χ4n) is 3.30. The highest BCUT2D eigenvalue weighted by atomic mass is 19.4. The van der Waals surface area contributed by atoms with E-state index in [-0.39, 0.29) is 29.6 Å². The lowest BCUT2D eigenvalue weighted by molar-refractivity contribution is -0.137. The zero-order chi connectivity index (χ0) is 26.3. The second-order valence-corrected chi connectivity index (χ2v) is 7.90. The quantitative estimate of drug-likeness (QED) is 0.322. The summed E-state index contributed by atoms with van der Waals surface area (Å²) in [7, 11) is 0. The van der Waals surface area contributed by atoms with Gasteiger partial charge in [-0.2, -0.15) is 13.2 Å². The molecule has 3 rings (SSSR count). The van der Waals surface area contributed by atoms with Crippen LogP contribution >= 0.6 is 0 Å². The van der Waals surface area contributed by atoms with Crippen molar-refractivity contribution < 1.29 is 27.6 Å². The number of alkyl halides is 3. The lowest BCUT2D eigenvalue weighted by Crippen LogP contribution is -2.22. The monoisotopic (exact) mass is 498 g/mol. The first-order valence-corrected chi connectivity index (χ1v) is 11.1. The van der Waals surface area contributed by atoms with E-state index in [9.17, 15) is 27.6 Å². The van der Waals surface area contributed by atoms with Crippen molar-refractivity contribution in [3.05, 3.63) is 83.4 Å². The molecule has 0 saturated carbocycles. The molecule has 0 heterocycles. The van der Waals surface area contributed by atoms with Gasteiger partial charge in [0, 0.05) is 34.7 Å². The van der Waals surface area contributed by atoms with E-state index in [1.807, 2.05) is 6.92 Å². The minimum atomic E-state index is -4.53. The van der Waals surface area contributed by atoms with E-state index < -0.39 is 17.6 Å². The molecule has 3 aromatic carbocycles. The van der Waals surface area contributed by atoms with Crippen LogP contribution in [0.4, 0.5) is 35.9 Å². The third kappa shape index (κ3) is 7.08. The van der Waals surface area contributed by atoms with Gasteiger partial charge in [0.05, 0.1) is 12.1 Å². The molecular weight excluding hydrogens is 473 g/mol. The fourth-order valence-corrected chi connectivity index (χ4v) is 3.30. The van der Waals surface area contributed by atoms with Crippen molar-refractivity contribution in [1.82, 2.24) is 0 Å². The zero-order valence-corrected chi connectivity index (χ0v) is 19.6. The smallest absolute Gasteiger partial charge is 0.376 e. The van der Waals surface area contributed by atoms with Crippen LogP contribution < -0.4 is 21.3 Å². The number of amides is 3. The number of hydrogen-bond donors (Lipinski definition) is 4. The molecule has 3 aromatic rings. The Balaban J connectivity index is 1.61. The van der Waals surface area contributed by atoms with Gasteiger partial charge in [0.1, 0.15) is 0 Å². The van der Waals surface area contributed by atoms with Crippen LogP contribution in [0.15, 0.2) is 66.7 Å². The Hall–Kier alpha value is -4.34. The lowest BCUT2D eigenvalue weighted by atomic mass is 10.1. The second kappa shape index (κ2) is 11.4. The number of nitrogens with one attached hydrogen (secondary N) is 4. The molecule has 0 bridgehead atoms. The maximum Gasteiger partial charge on any atom is 0.416 e. The second-order valence-electron chi connectivity index (χ2n) is 7.90. The lowest BCUT2D eigenvalue weighted by Gasteiger charge is -2.14. The van der Waals surface area contributed by atoms with Crippen molar-refractivity contribution in [2.24, 2.45) is 0 Å². The molecule has 3 amide bonds. The van der Waals surface area contributed by atoms with Crippen molar-refractivity contribution in [2.75, 3.05) is 27.8 Å². The van der Waals surface area contributed by atoms with Crippen LogP contribution in [0.25, 0.3) is 0 Å². The third-order valence-electron chi connectivity index (χ3n) is 5.22.